The van der Waals surface area contributed by atoms with Crippen molar-refractivity contribution in [2.45, 2.75) is 78.7 Å². The number of aliphatic imine (C=N–C) groups is 1. The predicted octanol–water partition coefficient (Wildman–Crippen LogP) is 3.05. The molecule has 0 spiro atoms. The number of ether oxygens (including phenoxy) is 2. The Morgan fingerprint density at radius 3 is 2.65 bits per heavy atom. The fourth-order valence-electron chi connectivity index (χ4n) is 3.69. The summed E-state index contributed by atoms with van der Waals surface area (Å²) in [4.78, 5) is 43.8. The predicted molar refractivity (Wildman–Crippen MR) is 123 cm³/mol. The first kappa shape index (κ1) is 23.4. The molecule has 0 saturated carbocycles. The van der Waals surface area contributed by atoms with Gasteiger partial charge in [-0.3, -0.25) is 23.7 Å². The molecule has 2 aromatic heterocycles. The van der Waals surface area contributed by atoms with Crippen LogP contribution in [-0.4, -0.2) is 46.2 Å². The summed E-state index contributed by atoms with van der Waals surface area (Å²) in [7, 11) is 0. The zero-order chi connectivity index (χ0) is 22.9. The summed E-state index contributed by atoms with van der Waals surface area (Å²) in [6, 6.07) is -0.260. The molecule has 1 aliphatic heterocycles. The second kappa shape index (κ2) is 9.08. The normalized spacial score (nSPS) is 17.3. The van der Waals surface area contributed by atoms with Crippen LogP contribution in [0.15, 0.2) is 14.6 Å². The fraction of sp³-hybridized carbons (Fsp3) is 0.636. The minimum absolute atomic E-state index is 0.0364. The SMILES string of the molecule is Cc1c(C=NCC(=O)OC(C)(C)C)sc2c1c(=O)n(C(C)C)c(=O)n2CC1CCCO1. The van der Waals surface area contributed by atoms with Gasteiger partial charge in [-0.05, 0) is 59.9 Å². The first-order valence-electron chi connectivity index (χ1n) is 10.6. The van der Waals surface area contributed by atoms with Crippen LogP contribution in [0.25, 0.3) is 10.2 Å². The van der Waals surface area contributed by atoms with Crippen LogP contribution in [0, 0.1) is 6.92 Å². The number of rotatable bonds is 6. The van der Waals surface area contributed by atoms with Gasteiger partial charge < -0.3 is 9.47 Å². The molecule has 170 valence electrons. The van der Waals surface area contributed by atoms with Gasteiger partial charge in [-0.15, -0.1) is 11.3 Å². The molecule has 8 nitrogen and oxygen atoms in total. The van der Waals surface area contributed by atoms with Crippen molar-refractivity contribution >= 4 is 33.7 Å². The van der Waals surface area contributed by atoms with Gasteiger partial charge in [0.15, 0.2) is 0 Å². The van der Waals surface area contributed by atoms with Crippen molar-refractivity contribution in [2.75, 3.05) is 13.2 Å². The first-order chi connectivity index (χ1) is 14.5. The number of nitrogens with zero attached hydrogens (tertiary/aromatic N) is 3. The van der Waals surface area contributed by atoms with E-state index < -0.39 is 11.6 Å². The molecule has 1 aliphatic rings. The van der Waals surface area contributed by atoms with E-state index in [-0.39, 0.29) is 29.9 Å². The second-order valence-corrected chi connectivity index (χ2v) is 10.2. The molecular formula is C22H31N3O5S. The molecule has 0 bridgehead atoms. The van der Waals surface area contributed by atoms with Gasteiger partial charge in [-0.2, -0.15) is 0 Å². The summed E-state index contributed by atoms with van der Waals surface area (Å²) in [5, 5.41) is 0.523. The molecule has 1 saturated heterocycles. The summed E-state index contributed by atoms with van der Waals surface area (Å²) < 4.78 is 14.0. The number of thiophene rings is 1. The maximum atomic E-state index is 13.2. The van der Waals surface area contributed by atoms with Gasteiger partial charge >= 0.3 is 11.7 Å². The van der Waals surface area contributed by atoms with Gasteiger partial charge in [0.25, 0.3) is 5.56 Å². The van der Waals surface area contributed by atoms with Gasteiger partial charge in [-0.1, -0.05) is 0 Å². The Bertz CT molecular complexity index is 1110. The minimum atomic E-state index is -0.569. The summed E-state index contributed by atoms with van der Waals surface area (Å²) in [6.07, 6.45) is 3.41. The van der Waals surface area contributed by atoms with Crippen LogP contribution in [0.2, 0.25) is 0 Å². The second-order valence-electron chi connectivity index (χ2n) is 9.12. The molecule has 9 heteroatoms. The summed E-state index contributed by atoms with van der Waals surface area (Å²) in [5.74, 6) is -0.417. The fourth-order valence-corrected chi connectivity index (χ4v) is 4.89. The number of esters is 1. The first-order valence-corrected chi connectivity index (χ1v) is 11.4. The molecule has 0 N–H and O–H groups in total. The highest BCUT2D eigenvalue weighted by Gasteiger charge is 2.24. The summed E-state index contributed by atoms with van der Waals surface area (Å²) >= 11 is 1.34. The van der Waals surface area contributed by atoms with Crippen LogP contribution in [0.5, 0.6) is 0 Å². The maximum Gasteiger partial charge on any atom is 0.332 e. The minimum Gasteiger partial charge on any atom is -0.459 e. The number of hydrogen-bond donors (Lipinski definition) is 0. The third-order valence-electron chi connectivity index (χ3n) is 5.06. The molecule has 3 rings (SSSR count). The standard InChI is InChI=1S/C22H31N3O5S/c1-13(2)25-19(27)18-14(3)16(10-23-11-17(26)30-22(4,5)6)31-20(18)24(21(25)28)12-15-8-7-9-29-15/h10,13,15H,7-9,11-12H2,1-6H3. The average molecular weight is 450 g/mol. The topological polar surface area (TPSA) is 91.9 Å². The number of carbonyl (C=O) groups is 1. The Morgan fingerprint density at radius 1 is 1.35 bits per heavy atom. The Morgan fingerprint density at radius 2 is 2.06 bits per heavy atom. The van der Waals surface area contributed by atoms with Crippen molar-refractivity contribution in [3.63, 3.8) is 0 Å². The zero-order valence-electron chi connectivity index (χ0n) is 19.1. The molecule has 31 heavy (non-hydrogen) atoms. The largest absolute Gasteiger partial charge is 0.459 e. The van der Waals surface area contributed by atoms with E-state index in [4.69, 9.17) is 9.47 Å². The number of carbonyl (C=O) groups excluding carboxylic acids is 1. The molecule has 1 atom stereocenters. The molecule has 0 radical (unpaired) electrons. The Hall–Kier alpha value is -2.26. The molecule has 0 aromatic carbocycles. The highest BCUT2D eigenvalue weighted by atomic mass is 32.1. The van der Waals surface area contributed by atoms with Crippen molar-refractivity contribution in [3.8, 4) is 0 Å². The van der Waals surface area contributed by atoms with Crippen LogP contribution in [0.3, 0.4) is 0 Å². The van der Waals surface area contributed by atoms with E-state index in [1.807, 2.05) is 20.8 Å². The van der Waals surface area contributed by atoms with Crippen molar-refractivity contribution in [2.24, 2.45) is 4.99 Å². The van der Waals surface area contributed by atoms with E-state index in [2.05, 4.69) is 4.99 Å². The number of hydrogen-bond acceptors (Lipinski definition) is 7. The van der Waals surface area contributed by atoms with Gasteiger partial charge in [0.1, 0.15) is 17.0 Å². The lowest BCUT2D eigenvalue weighted by Crippen LogP contribution is -2.42. The lowest BCUT2D eigenvalue weighted by atomic mass is 10.2. The van der Waals surface area contributed by atoms with Crippen molar-refractivity contribution in [1.29, 1.82) is 0 Å². The van der Waals surface area contributed by atoms with Crippen molar-refractivity contribution in [3.05, 3.63) is 31.3 Å². The Balaban J connectivity index is 2.03. The number of fused-ring (bicyclic) bond motifs is 1. The van der Waals surface area contributed by atoms with Gasteiger partial charge in [0.2, 0.25) is 0 Å². The van der Waals surface area contributed by atoms with E-state index in [0.717, 1.165) is 23.3 Å². The number of aryl methyl sites for hydroxylation is 1. The Kier molecular flexibility index (Phi) is 6.85. The third kappa shape index (κ3) is 5.15. The Labute approximate surface area is 185 Å². The average Bonchev–Trinajstić information content (AvgIpc) is 3.25. The molecule has 1 fully saturated rings. The molecule has 2 aromatic rings. The molecule has 0 amide bonds. The van der Waals surface area contributed by atoms with Crippen LogP contribution < -0.4 is 11.2 Å². The molecule has 3 heterocycles. The van der Waals surface area contributed by atoms with E-state index >= 15 is 0 Å². The highest BCUT2D eigenvalue weighted by Crippen LogP contribution is 2.28. The zero-order valence-corrected chi connectivity index (χ0v) is 19.9. The number of aromatic nitrogens is 2. The van der Waals surface area contributed by atoms with Crippen LogP contribution in [0.1, 0.15) is 63.9 Å². The molecular weight excluding hydrogens is 418 g/mol. The smallest absolute Gasteiger partial charge is 0.332 e. The van der Waals surface area contributed by atoms with E-state index in [0.29, 0.717) is 23.4 Å². The van der Waals surface area contributed by atoms with Crippen LogP contribution >= 0.6 is 11.3 Å². The molecule has 0 aliphatic carbocycles. The molecule has 1 unspecified atom stereocenters. The quantitative estimate of drug-likeness (QED) is 0.499. The highest BCUT2D eigenvalue weighted by molar-refractivity contribution is 7.20. The van der Waals surface area contributed by atoms with Gasteiger partial charge in [0.05, 0.1) is 22.9 Å². The van der Waals surface area contributed by atoms with Gasteiger partial charge in [-0.25, -0.2) is 4.79 Å². The lowest BCUT2D eigenvalue weighted by molar-refractivity contribution is -0.152. The monoisotopic (exact) mass is 449 g/mol. The van der Waals surface area contributed by atoms with E-state index in [1.54, 1.807) is 31.6 Å². The summed E-state index contributed by atoms with van der Waals surface area (Å²) in [6.45, 7) is 11.9. The lowest BCUT2D eigenvalue weighted by Gasteiger charge is -2.18. The van der Waals surface area contributed by atoms with Crippen LogP contribution in [0.4, 0.5) is 0 Å². The van der Waals surface area contributed by atoms with Crippen molar-refractivity contribution in [1.82, 2.24) is 9.13 Å². The van der Waals surface area contributed by atoms with Crippen LogP contribution in [-0.2, 0) is 20.8 Å². The maximum absolute atomic E-state index is 13.2. The van der Waals surface area contributed by atoms with E-state index in [9.17, 15) is 14.4 Å². The van der Waals surface area contributed by atoms with Crippen molar-refractivity contribution < 1.29 is 14.3 Å². The van der Waals surface area contributed by atoms with E-state index in [1.165, 1.54) is 15.9 Å². The summed E-state index contributed by atoms with van der Waals surface area (Å²) in [5.41, 5.74) is -0.422. The van der Waals surface area contributed by atoms with Gasteiger partial charge in [0, 0.05) is 18.9 Å². The third-order valence-corrected chi connectivity index (χ3v) is 6.30.